The fraction of sp³-hybridized carbons (Fsp3) is 0.182. The summed E-state index contributed by atoms with van der Waals surface area (Å²) in [6, 6.07) is 10.8. The van der Waals surface area contributed by atoms with Gasteiger partial charge in [0.05, 0.1) is 48.6 Å². The van der Waals surface area contributed by atoms with Crippen LogP contribution in [0.3, 0.4) is 0 Å². The quantitative estimate of drug-likeness (QED) is 0.302. The van der Waals surface area contributed by atoms with E-state index in [4.69, 9.17) is 14.2 Å². The SMILES string of the molecule is COC(=O)C1=C(C)N(c2ccc(OC)c(OC)c2)C(=O)C1=Cc1ccccc1[N+](=O)[O-]. The van der Waals surface area contributed by atoms with E-state index in [1.54, 1.807) is 31.2 Å². The number of carbonyl (C=O) groups is 2. The van der Waals surface area contributed by atoms with Crippen molar-refractivity contribution in [3.8, 4) is 11.5 Å². The van der Waals surface area contributed by atoms with Gasteiger partial charge in [-0.15, -0.1) is 0 Å². The van der Waals surface area contributed by atoms with Gasteiger partial charge < -0.3 is 14.2 Å². The summed E-state index contributed by atoms with van der Waals surface area (Å²) < 4.78 is 15.4. The molecule has 2 aromatic rings. The number of benzene rings is 2. The summed E-state index contributed by atoms with van der Waals surface area (Å²) in [6.45, 7) is 1.60. The standard InChI is InChI=1S/C22H20N2O7/c1-13-20(22(26)31-4)16(11-14-7-5-6-8-17(14)24(27)28)21(25)23(13)15-9-10-18(29-2)19(12-15)30-3/h5-12H,1-4H3. The highest BCUT2D eigenvalue weighted by atomic mass is 16.6. The molecule has 1 aliphatic rings. The maximum absolute atomic E-state index is 13.4. The van der Waals surface area contributed by atoms with E-state index in [-0.39, 0.29) is 22.4 Å². The van der Waals surface area contributed by atoms with E-state index in [0.717, 1.165) is 0 Å². The first-order valence-corrected chi connectivity index (χ1v) is 9.15. The molecule has 0 spiro atoms. The summed E-state index contributed by atoms with van der Waals surface area (Å²) in [6.07, 6.45) is 1.33. The highest BCUT2D eigenvalue weighted by molar-refractivity contribution is 6.24. The number of para-hydroxylation sites is 1. The average molecular weight is 424 g/mol. The molecular formula is C22H20N2O7. The van der Waals surface area contributed by atoms with E-state index in [1.807, 2.05) is 0 Å². The first kappa shape index (κ1) is 21.6. The Bertz CT molecular complexity index is 1130. The lowest BCUT2D eigenvalue weighted by Crippen LogP contribution is -2.24. The van der Waals surface area contributed by atoms with Gasteiger partial charge in [0.25, 0.3) is 11.6 Å². The van der Waals surface area contributed by atoms with Gasteiger partial charge >= 0.3 is 5.97 Å². The third-order valence-corrected chi connectivity index (χ3v) is 4.85. The van der Waals surface area contributed by atoms with Crippen LogP contribution in [0.2, 0.25) is 0 Å². The molecule has 0 fully saturated rings. The molecule has 1 heterocycles. The number of amides is 1. The molecule has 3 rings (SSSR count). The molecule has 9 nitrogen and oxygen atoms in total. The lowest BCUT2D eigenvalue weighted by atomic mass is 10.0. The monoisotopic (exact) mass is 424 g/mol. The Morgan fingerprint density at radius 2 is 1.74 bits per heavy atom. The Labute approximate surface area is 178 Å². The molecule has 0 saturated carbocycles. The van der Waals surface area contributed by atoms with Gasteiger partial charge in [-0.2, -0.15) is 0 Å². The van der Waals surface area contributed by atoms with Crippen molar-refractivity contribution in [2.24, 2.45) is 0 Å². The van der Waals surface area contributed by atoms with Crippen molar-refractivity contribution >= 4 is 29.3 Å². The van der Waals surface area contributed by atoms with Crippen molar-refractivity contribution in [3.05, 3.63) is 75.0 Å². The number of carbonyl (C=O) groups excluding carboxylic acids is 2. The lowest BCUT2D eigenvalue weighted by molar-refractivity contribution is -0.385. The minimum absolute atomic E-state index is 0.00608. The van der Waals surface area contributed by atoms with Gasteiger partial charge in [-0.1, -0.05) is 12.1 Å². The van der Waals surface area contributed by atoms with E-state index in [9.17, 15) is 19.7 Å². The molecule has 0 unspecified atom stereocenters. The summed E-state index contributed by atoms with van der Waals surface area (Å²) in [5.41, 5.74) is 0.795. The van der Waals surface area contributed by atoms with Crippen LogP contribution in [0.15, 0.2) is 59.3 Å². The summed E-state index contributed by atoms with van der Waals surface area (Å²) in [5.74, 6) is -0.373. The van der Waals surface area contributed by atoms with Crippen LogP contribution in [0.25, 0.3) is 6.08 Å². The number of anilines is 1. The van der Waals surface area contributed by atoms with Crippen molar-refractivity contribution in [2.45, 2.75) is 6.92 Å². The zero-order chi connectivity index (χ0) is 22.7. The number of esters is 1. The van der Waals surface area contributed by atoms with Crippen molar-refractivity contribution in [1.29, 1.82) is 0 Å². The summed E-state index contributed by atoms with van der Waals surface area (Å²) in [5, 5.41) is 11.4. The number of rotatable bonds is 6. The van der Waals surface area contributed by atoms with Crippen LogP contribution in [-0.4, -0.2) is 38.1 Å². The van der Waals surface area contributed by atoms with E-state index in [1.165, 1.54) is 50.5 Å². The van der Waals surface area contributed by atoms with Crippen LogP contribution >= 0.6 is 0 Å². The molecular weight excluding hydrogens is 404 g/mol. The van der Waals surface area contributed by atoms with Crippen molar-refractivity contribution in [3.63, 3.8) is 0 Å². The molecule has 2 aromatic carbocycles. The van der Waals surface area contributed by atoms with Crippen LogP contribution < -0.4 is 14.4 Å². The number of nitro groups is 1. The van der Waals surface area contributed by atoms with Gasteiger partial charge in [-0.3, -0.25) is 19.8 Å². The van der Waals surface area contributed by atoms with Crippen molar-refractivity contribution in [1.82, 2.24) is 0 Å². The van der Waals surface area contributed by atoms with E-state index < -0.39 is 16.8 Å². The maximum Gasteiger partial charge on any atom is 0.340 e. The summed E-state index contributed by atoms with van der Waals surface area (Å²) in [7, 11) is 4.16. The molecule has 0 saturated heterocycles. The number of nitrogens with zero attached hydrogens (tertiary/aromatic N) is 2. The van der Waals surface area contributed by atoms with Gasteiger partial charge in [-0.25, -0.2) is 4.79 Å². The molecule has 0 radical (unpaired) electrons. The highest BCUT2D eigenvalue weighted by Gasteiger charge is 2.38. The number of hydrogen-bond acceptors (Lipinski definition) is 7. The predicted molar refractivity (Wildman–Crippen MR) is 113 cm³/mol. The molecule has 9 heteroatoms. The number of methoxy groups -OCH3 is 3. The van der Waals surface area contributed by atoms with Crippen molar-refractivity contribution in [2.75, 3.05) is 26.2 Å². The topological polar surface area (TPSA) is 108 Å². The molecule has 0 aliphatic carbocycles. The Kier molecular flexibility index (Phi) is 6.05. The minimum atomic E-state index is -0.723. The van der Waals surface area contributed by atoms with Crippen LogP contribution in [-0.2, 0) is 14.3 Å². The maximum atomic E-state index is 13.4. The second-order valence-electron chi connectivity index (χ2n) is 6.51. The molecule has 160 valence electrons. The third kappa shape index (κ3) is 3.85. The molecule has 0 atom stereocenters. The number of hydrogen-bond donors (Lipinski definition) is 0. The van der Waals surface area contributed by atoms with E-state index >= 15 is 0 Å². The number of nitro benzene ring substituents is 1. The largest absolute Gasteiger partial charge is 0.493 e. The summed E-state index contributed by atoms with van der Waals surface area (Å²) in [4.78, 5) is 38.0. The Hall–Kier alpha value is -4.14. The van der Waals surface area contributed by atoms with Crippen molar-refractivity contribution < 1.29 is 28.7 Å². The normalized spacial score (nSPS) is 14.8. The molecule has 31 heavy (non-hydrogen) atoms. The van der Waals surface area contributed by atoms with Gasteiger partial charge in [0.15, 0.2) is 11.5 Å². The molecule has 1 aliphatic heterocycles. The van der Waals surface area contributed by atoms with Gasteiger partial charge in [-0.05, 0) is 31.2 Å². The fourth-order valence-corrected chi connectivity index (χ4v) is 3.39. The molecule has 1 amide bonds. The van der Waals surface area contributed by atoms with Crippen LogP contribution in [0.5, 0.6) is 11.5 Å². The first-order chi connectivity index (χ1) is 14.8. The van der Waals surface area contributed by atoms with Crippen LogP contribution in [0.1, 0.15) is 12.5 Å². The molecule has 0 N–H and O–H groups in total. The number of allylic oxidation sites excluding steroid dienone is 1. The Balaban J connectivity index is 2.19. The second kappa shape index (κ2) is 8.70. The second-order valence-corrected chi connectivity index (χ2v) is 6.51. The van der Waals surface area contributed by atoms with Gasteiger partial charge in [0, 0.05) is 17.8 Å². The molecule has 0 bridgehead atoms. The number of ether oxygens (including phenoxy) is 3. The van der Waals surface area contributed by atoms with Gasteiger partial charge in [0.2, 0.25) is 0 Å². The first-order valence-electron chi connectivity index (χ1n) is 9.15. The van der Waals surface area contributed by atoms with Crippen LogP contribution in [0, 0.1) is 10.1 Å². The van der Waals surface area contributed by atoms with E-state index in [2.05, 4.69) is 0 Å². The third-order valence-electron chi connectivity index (χ3n) is 4.85. The van der Waals surface area contributed by atoms with Crippen LogP contribution in [0.4, 0.5) is 11.4 Å². The zero-order valence-electron chi connectivity index (χ0n) is 17.4. The van der Waals surface area contributed by atoms with E-state index in [0.29, 0.717) is 22.9 Å². The summed E-state index contributed by atoms with van der Waals surface area (Å²) >= 11 is 0. The molecule has 0 aromatic heterocycles. The smallest absolute Gasteiger partial charge is 0.340 e. The Morgan fingerprint density at radius 3 is 2.35 bits per heavy atom. The minimum Gasteiger partial charge on any atom is -0.493 e. The fourth-order valence-electron chi connectivity index (χ4n) is 3.39. The highest BCUT2D eigenvalue weighted by Crippen LogP contribution is 2.39. The predicted octanol–water partition coefficient (Wildman–Crippen LogP) is 3.49. The lowest BCUT2D eigenvalue weighted by Gasteiger charge is -2.19. The average Bonchev–Trinajstić information content (AvgIpc) is 3.02. The Morgan fingerprint density at radius 1 is 1.06 bits per heavy atom. The van der Waals surface area contributed by atoms with Gasteiger partial charge in [0.1, 0.15) is 0 Å². The zero-order valence-corrected chi connectivity index (χ0v) is 17.4.